The molecule has 1 aromatic carbocycles. The van der Waals surface area contributed by atoms with Crippen molar-refractivity contribution in [1.82, 2.24) is 10.2 Å². The van der Waals surface area contributed by atoms with E-state index in [0.717, 1.165) is 12.2 Å². The van der Waals surface area contributed by atoms with Crippen LogP contribution in [-0.2, 0) is 0 Å². The number of carbonyl (C=O) groups excluding carboxylic acids is 1. The van der Waals surface area contributed by atoms with Gasteiger partial charge in [0.2, 0.25) is 0 Å². The second-order valence-electron chi connectivity index (χ2n) is 5.47. The number of nitrogens with zero attached hydrogens (tertiary/aromatic N) is 1. The number of carbonyl (C=O) groups is 1. The first kappa shape index (κ1) is 14.9. The Bertz CT molecular complexity index is 441. The molecule has 0 aliphatic heterocycles. The van der Waals surface area contributed by atoms with Crippen molar-refractivity contribution in [2.75, 3.05) is 32.5 Å². The van der Waals surface area contributed by atoms with Gasteiger partial charge in [-0.3, -0.25) is 4.79 Å². The maximum absolute atomic E-state index is 12.2. The molecule has 1 fully saturated rings. The highest BCUT2D eigenvalue weighted by atomic mass is 16.1. The van der Waals surface area contributed by atoms with Gasteiger partial charge in [0.05, 0.1) is 5.56 Å². The SMILES string of the molecule is CNc1ccccc1C(=O)NCCN(C)C1CCCC1. The highest BCUT2D eigenvalue weighted by molar-refractivity contribution is 5.99. The van der Waals surface area contributed by atoms with Crippen molar-refractivity contribution in [2.24, 2.45) is 0 Å². The highest BCUT2D eigenvalue weighted by Gasteiger charge is 2.19. The first-order valence-corrected chi connectivity index (χ1v) is 7.47. The number of anilines is 1. The van der Waals surface area contributed by atoms with Crippen LogP contribution in [0.3, 0.4) is 0 Å². The fourth-order valence-corrected chi connectivity index (χ4v) is 2.87. The lowest BCUT2D eigenvalue weighted by Crippen LogP contribution is -2.37. The van der Waals surface area contributed by atoms with E-state index in [-0.39, 0.29) is 5.91 Å². The summed E-state index contributed by atoms with van der Waals surface area (Å²) < 4.78 is 0. The van der Waals surface area contributed by atoms with Crippen molar-refractivity contribution in [3.8, 4) is 0 Å². The summed E-state index contributed by atoms with van der Waals surface area (Å²) in [5.41, 5.74) is 1.58. The molecule has 4 heteroatoms. The summed E-state index contributed by atoms with van der Waals surface area (Å²) in [5.74, 6) is -0.00484. The van der Waals surface area contributed by atoms with Crippen LogP contribution in [-0.4, -0.2) is 44.0 Å². The molecule has 0 saturated heterocycles. The summed E-state index contributed by atoms with van der Waals surface area (Å²) >= 11 is 0. The van der Waals surface area contributed by atoms with Gasteiger partial charge in [0, 0.05) is 31.9 Å². The van der Waals surface area contributed by atoms with Crippen molar-refractivity contribution in [1.29, 1.82) is 0 Å². The van der Waals surface area contributed by atoms with E-state index in [0.29, 0.717) is 18.2 Å². The lowest BCUT2D eigenvalue weighted by Gasteiger charge is -2.24. The number of rotatable bonds is 6. The third kappa shape index (κ3) is 3.73. The van der Waals surface area contributed by atoms with E-state index in [9.17, 15) is 4.79 Å². The molecule has 0 bridgehead atoms. The summed E-state index contributed by atoms with van der Waals surface area (Å²) in [5, 5.41) is 6.06. The molecule has 2 N–H and O–H groups in total. The molecule has 1 aromatic rings. The Hall–Kier alpha value is -1.55. The predicted molar refractivity (Wildman–Crippen MR) is 83.2 cm³/mol. The summed E-state index contributed by atoms with van der Waals surface area (Å²) in [4.78, 5) is 14.5. The third-order valence-corrected chi connectivity index (χ3v) is 4.14. The number of para-hydroxylation sites is 1. The van der Waals surface area contributed by atoms with E-state index in [4.69, 9.17) is 0 Å². The van der Waals surface area contributed by atoms with Crippen molar-refractivity contribution in [3.05, 3.63) is 29.8 Å². The second kappa shape index (κ2) is 7.29. The molecule has 0 aromatic heterocycles. The predicted octanol–water partition coefficient (Wildman–Crippen LogP) is 2.33. The van der Waals surface area contributed by atoms with Gasteiger partial charge in [-0.2, -0.15) is 0 Å². The zero-order valence-corrected chi connectivity index (χ0v) is 12.5. The second-order valence-corrected chi connectivity index (χ2v) is 5.47. The van der Waals surface area contributed by atoms with Crippen molar-refractivity contribution in [2.45, 2.75) is 31.7 Å². The molecule has 1 amide bonds. The van der Waals surface area contributed by atoms with Crippen LogP contribution >= 0.6 is 0 Å². The molecule has 1 aliphatic carbocycles. The molecule has 1 saturated carbocycles. The summed E-state index contributed by atoms with van der Waals surface area (Å²) in [6, 6.07) is 8.29. The van der Waals surface area contributed by atoms with Gasteiger partial charge < -0.3 is 15.5 Å². The van der Waals surface area contributed by atoms with Crippen LogP contribution in [0.25, 0.3) is 0 Å². The average Bonchev–Trinajstić information content (AvgIpc) is 3.01. The quantitative estimate of drug-likeness (QED) is 0.837. The van der Waals surface area contributed by atoms with E-state index in [1.807, 2.05) is 31.3 Å². The number of nitrogens with one attached hydrogen (secondary N) is 2. The summed E-state index contributed by atoms with van der Waals surface area (Å²) in [7, 11) is 3.99. The smallest absolute Gasteiger partial charge is 0.253 e. The van der Waals surface area contributed by atoms with E-state index < -0.39 is 0 Å². The Morgan fingerprint density at radius 3 is 2.70 bits per heavy atom. The Kier molecular flexibility index (Phi) is 5.41. The standard InChI is InChI=1S/C16H25N3O/c1-17-15-10-6-5-9-14(15)16(20)18-11-12-19(2)13-7-3-4-8-13/h5-6,9-10,13,17H,3-4,7-8,11-12H2,1-2H3,(H,18,20). The van der Waals surface area contributed by atoms with Gasteiger partial charge in [-0.15, -0.1) is 0 Å². The number of benzene rings is 1. The maximum Gasteiger partial charge on any atom is 0.253 e. The largest absolute Gasteiger partial charge is 0.387 e. The van der Waals surface area contributed by atoms with Crippen molar-refractivity contribution >= 4 is 11.6 Å². The number of likely N-dealkylation sites (N-methyl/N-ethyl adjacent to an activating group) is 1. The molecule has 0 radical (unpaired) electrons. The van der Waals surface area contributed by atoms with Crippen LogP contribution in [0.15, 0.2) is 24.3 Å². The first-order chi connectivity index (χ1) is 9.72. The molecule has 0 spiro atoms. The molecule has 4 nitrogen and oxygen atoms in total. The van der Waals surface area contributed by atoms with Crippen LogP contribution < -0.4 is 10.6 Å². The molecule has 110 valence electrons. The zero-order valence-electron chi connectivity index (χ0n) is 12.5. The molecule has 0 unspecified atom stereocenters. The Labute approximate surface area is 121 Å². The minimum absolute atomic E-state index is 0.00484. The summed E-state index contributed by atoms with van der Waals surface area (Å²) in [6.45, 7) is 1.61. The monoisotopic (exact) mass is 275 g/mol. The van der Waals surface area contributed by atoms with Gasteiger partial charge in [-0.1, -0.05) is 25.0 Å². The first-order valence-electron chi connectivity index (χ1n) is 7.47. The van der Waals surface area contributed by atoms with Crippen LogP contribution in [0, 0.1) is 0 Å². The third-order valence-electron chi connectivity index (χ3n) is 4.14. The van der Waals surface area contributed by atoms with Crippen LogP contribution in [0.5, 0.6) is 0 Å². The zero-order chi connectivity index (χ0) is 14.4. The van der Waals surface area contributed by atoms with E-state index in [1.165, 1.54) is 25.7 Å². The van der Waals surface area contributed by atoms with Crippen LogP contribution in [0.2, 0.25) is 0 Å². The molecular formula is C16H25N3O. The van der Waals surface area contributed by atoms with Gasteiger partial charge in [0.15, 0.2) is 0 Å². The lowest BCUT2D eigenvalue weighted by atomic mass is 10.1. The van der Waals surface area contributed by atoms with Crippen molar-refractivity contribution < 1.29 is 4.79 Å². The molecule has 0 heterocycles. The molecule has 0 atom stereocenters. The Balaban J connectivity index is 1.80. The van der Waals surface area contributed by atoms with E-state index >= 15 is 0 Å². The lowest BCUT2D eigenvalue weighted by molar-refractivity contribution is 0.0948. The highest BCUT2D eigenvalue weighted by Crippen LogP contribution is 2.21. The molecule has 20 heavy (non-hydrogen) atoms. The maximum atomic E-state index is 12.2. The molecular weight excluding hydrogens is 250 g/mol. The van der Waals surface area contributed by atoms with Gasteiger partial charge in [0.25, 0.3) is 5.91 Å². The van der Waals surface area contributed by atoms with Crippen LogP contribution in [0.4, 0.5) is 5.69 Å². The fourth-order valence-electron chi connectivity index (χ4n) is 2.87. The van der Waals surface area contributed by atoms with E-state index in [1.54, 1.807) is 0 Å². The topological polar surface area (TPSA) is 44.4 Å². The van der Waals surface area contributed by atoms with Gasteiger partial charge in [-0.05, 0) is 32.0 Å². The average molecular weight is 275 g/mol. The Morgan fingerprint density at radius 1 is 1.30 bits per heavy atom. The van der Waals surface area contributed by atoms with Gasteiger partial charge in [-0.25, -0.2) is 0 Å². The normalized spacial score (nSPS) is 15.6. The minimum Gasteiger partial charge on any atom is -0.387 e. The molecule has 1 aliphatic rings. The van der Waals surface area contributed by atoms with E-state index in [2.05, 4.69) is 22.6 Å². The Morgan fingerprint density at radius 2 is 2.00 bits per heavy atom. The number of amides is 1. The van der Waals surface area contributed by atoms with Gasteiger partial charge >= 0.3 is 0 Å². The molecule has 2 rings (SSSR count). The fraction of sp³-hybridized carbons (Fsp3) is 0.562. The number of hydrogen-bond donors (Lipinski definition) is 2. The van der Waals surface area contributed by atoms with Crippen LogP contribution in [0.1, 0.15) is 36.0 Å². The number of hydrogen-bond acceptors (Lipinski definition) is 3. The summed E-state index contributed by atoms with van der Waals surface area (Å²) in [6.07, 6.45) is 5.29. The minimum atomic E-state index is -0.00484. The van der Waals surface area contributed by atoms with Gasteiger partial charge in [0.1, 0.15) is 0 Å². The van der Waals surface area contributed by atoms with Crippen molar-refractivity contribution in [3.63, 3.8) is 0 Å².